The third-order valence-electron chi connectivity index (χ3n) is 2.31. The molecule has 2 amide bonds. The summed E-state index contributed by atoms with van der Waals surface area (Å²) in [6, 6.07) is 0. The molecular weight excluding hydrogens is 248 g/mol. The Labute approximate surface area is 114 Å². The summed E-state index contributed by atoms with van der Waals surface area (Å²) < 4.78 is 5.11. The molecule has 0 aliphatic carbocycles. The summed E-state index contributed by atoms with van der Waals surface area (Å²) in [7, 11) is 1.52. The van der Waals surface area contributed by atoms with Crippen LogP contribution in [0, 0.1) is 0 Å². The van der Waals surface area contributed by atoms with Crippen LogP contribution in [0.2, 0.25) is 0 Å². The summed E-state index contributed by atoms with van der Waals surface area (Å²) in [6.07, 6.45) is 0.0834. The first-order valence-electron chi connectivity index (χ1n) is 6.39. The zero-order chi connectivity index (χ0) is 15.1. The quantitative estimate of drug-likeness (QED) is 0.722. The van der Waals surface area contributed by atoms with Crippen LogP contribution in [-0.4, -0.2) is 48.4 Å². The summed E-state index contributed by atoms with van der Waals surface area (Å²) in [5.74, 6) is -0.860. The minimum atomic E-state index is -0.549. The molecule has 0 aromatic carbocycles. The van der Waals surface area contributed by atoms with Crippen LogP contribution < -0.4 is 5.32 Å². The second-order valence-electron chi connectivity index (χ2n) is 5.17. The maximum atomic E-state index is 11.8. The van der Waals surface area contributed by atoms with Gasteiger partial charge < -0.3 is 15.0 Å². The van der Waals surface area contributed by atoms with E-state index in [1.54, 1.807) is 27.7 Å². The molecule has 0 aromatic heterocycles. The molecule has 110 valence electrons. The van der Waals surface area contributed by atoms with Gasteiger partial charge >= 0.3 is 5.97 Å². The fraction of sp³-hybridized carbons (Fsp3) is 0.769. The minimum absolute atomic E-state index is 0.0140. The lowest BCUT2D eigenvalue weighted by molar-refractivity contribution is -0.156. The molecule has 0 spiro atoms. The van der Waals surface area contributed by atoms with Crippen molar-refractivity contribution in [3.05, 3.63) is 0 Å². The first-order valence-corrected chi connectivity index (χ1v) is 6.39. The molecule has 0 heterocycles. The number of hydrogen-bond donors (Lipinski definition) is 1. The van der Waals surface area contributed by atoms with Gasteiger partial charge in [0.25, 0.3) is 0 Å². The van der Waals surface area contributed by atoms with E-state index in [0.717, 1.165) is 0 Å². The molecule has 0 radical (unpaired) electrons. The monoisotopic (exact) mass is 272 g/mol. The van der Waals surface area contributed by atoms with Gasteiger partial charge in [0.1, 0.15) is 5.60 Å². The van der Waals surface area contributed by atoms with Gasteiger partial charge in [0, 0.05) is 20.0 Å². The van der Waals surface area contributed by atoms with Crippen LogP contribution in [0.25, 0.3) is 0 Å². The molecule has 6 heteroatoms. The summed E-state index contributed by atoms with van der Waals surface area (Å²) >= 11 is 0. The van der Waals surface area contributed by atoms with Crippen LogP contribution >= 0.6 is 0 Å². The van der Waals surface area contributed by atoms with E-state index in [4.69, 9.17) is 4.74 Å². The number of esters is 1. The van der Waals surface area contributed by atoms with Gasteiger partial charge in [-0.15, -0.1) is 0 Å². The molecule has 0 unspecified atom stereocenters. The number of nitrogens with zero attached hydrogens (tertiary/aromatic N) is 1. The number of carbonyl (C=O) groups is 3. The molecule has 0 aromatic rings. The fourth-order valence-corrected chi connectivity index (χ4v) is 1.39. The molecule has 0 atom stereocenters. The first-order chi connectivity index (χ1) is 8.69. The predicted molar refractivity (Wildman–Crippen MR) is 71.4 cm³/mol. The molecule has 0 rings (SSSR count). The van der Waals surface area contributed by atoms with Crippen molar-refractivity contribution in [2.24, 2.45) is 0 Å². The third-order valence-corrected chi connectivity index (χ3v) is 2.31. The lowest BCUT2D eigenvalue weighted by atomic mass is 10.2. The Balaban J connectivity index is 4.21. The zero-order valence-electron chi connectivity index (χ0n) is 12.4. The minimum Gasteiger partial charge on any atom is -0.460 e. The van der Waals surface area contributed by atoms with Crippen molar-refractivity contribution >= 4 is 17.8 Å². The number of hydrogen-bond acceptors (Lipinski definition) is 4. The SMILES string of the molecule is CCN(CC(=O)NC)C(=O)CCC(=O)OC(C)(C)C. The molecule has 1 N–H and O–H groups in total. The molecule has 0 aliphatic rings. The van der Waals surface area contributed by atoms with E-state index in [-0.39, 0.29) is 31.2 Å². The number of amides is 2. The van der Waals surface area contributed by atoms with E-state index in [0.29, 0.717) is 6.54 Å². The predicted octanol–water partition coefficient (Wildman–Crippen LogP) is 0.703. The molecule has 6 nitrogen and oxygen atoms in total. The highest BCUT2D eigenvalue weighted by atomic mass is 16.6. The zero-order valence-corrected chi connectivity index (χ0v) is 12.4. The summed E-state index contributed by atoms with van der Waals surface area (Å²) in [5, 5.41) is 2.46. The van der Waals surface area contributed by atoms with Crippen LogP contribution in [-0.2, 0) is 19.1 Å². The van der Waals surface area contributed by atoms with E-state index in [9.17, 15) is 14.4 Å². The van der Waals surface area contributed by atoms with E-state index in [2.05, 4.69) is 5.32 Å². The van der Waals surface area contributed by atoms with Gasteiger partial charge in [0.2, 0.25) is 11.8 Å². The Morgan fingerprint density at radius 2 is 1.74 bits per heavy atom. The number of likely N-dealkylation sites (N-methyl/N-ethyl adjacent to an activating group) is 2. The molecule has 19 heavy (non-hydrogen) atoms. The second-order valence-corrected chi connectivity index (χ2v) is 5.17. The average molecular weight is 272 g/mol. The van der Waals surface area contributed by atoms with Crippen molar-refractivity contribution in [2.45, 2.75) is 46.1 Å². The normalized spacial score (nSPS) is 10.8. The molecule has 0 fully saturated rings. The van der Waals surface area contributed by atoms with Gasteiger partial charge in [-0.3, -0.25) is 14.4 Å². The highest BCUT2D eigenvalue weighted by Crippen LogP contribution is 2.09. The lowest BCUT2D eigenvalue weighted by Gasteiger charge is -2.21. The van der Waals surface area contributed by atoms with Gasteiger partial charge in [-0.05, 0) is 27.7 Å². The smallest absolute Gasteiger partial charge is 0.306 e. The Morgan fingerprint density at radius 1 is 1.16 bits per heavy atom. The van der Waals surface area contributed by atoms with Gasteiger partial charge in [-0.25, -0.2) is 0 Å². The van der Waals surface area contributed by atoms with E-state index < -0.39 is 11.6 Å². The van der Waals surface area contributed by atoms with Gasteiger partial charge in [0.05, 0.1) is 13.0 Å². The molecule has 0 bridgehead atoms. The molecule has 0 saturated heterocycles. The first kappa shape index (κ1) is 17.4. The second kappa shape index (κ2) is 7.76. The number of rotatable bonds is 6. The summed E-state index contributed by atoms with van der Waals surface area (Å²) in [5.41, 5.74) is -0.549. The Kier molecular flexibility index (Phi) is 7.11. The van der Waals surface area contributed by atoms with E-state index in [1.807, 2.05) is 0 Å². The highest BCUT2D eigenvalue weighted by Gasteiger charge is 2.19. The number of carbonyl (C=O) groups excluding carboxylic acids is 3. The van der Waals surface area contributed by atoms with Crippen molar-refractivity contribution in [1.82, 2.24) is 10.2 Å². The topological polar surface area (TPSA) is 75.7 Å². The van der Waals surface area contributed by atoms with Crippen LogP contribution in [0.1, 0.15) is 40.5 Å². The van der Waals surface area contributed by atoms with E-state index >= 15 is 0 Å². The largest absolute Gasteiger partial charge is 0.460 e. The van der Waals surface area contributed by atoms with Gasteiger partial charge in [-0.2, -0.15) is 0 Å². The molecular formula is C13H24N2O4. The summed E-state index contributed by atoms with van der Waals surface area (Å²) in [6.45, 7) is 7.55. The van der Waals surface area contributed by atoms with Crippen molar-refractivity contribution < 1.29 is 19.1 Å². The average Bonchev–Trinajstić information content (AvgIpc) is 2.30. The number of nitrogens with one attached hydrogen (secondary N) is 1. The third kappa shape index (κ3) is 8.18. The highest BCUT2D eigenvalue weighted by molar-refractivity contribution is 5.86. The van der Waals surface area contributed by atoms with Crippen LogP contribution in [0.15, 0.2) is 0 Å². The Bertz CT molecular complexity index is 334. The van der Waals surface area contributed by atoms with Crippen molar-refractivity contribution in [3.63, 3.8) is 0 Å². The Morgan fingerprint density at radius 3 is 2.16 bits per heavy atom. The lowest BCUT2D eigenvalue weighted by Crippen LogP contribution is -2.39. The maximum absolute atomic E-state index is 11.8. The number of ether oxygens (including phenoxy) is 1. The van der Waals surface area contributed by atoms with Gasteiger partial charge in [-0.1, -0.05) is 0 Å². The van der Waals surface area contributed by atoms with E-state index in [1.165, 1.54) is 11.9 Å². The fourth-order valence-electron chi connectivity index (χ4n) is 1.39. The standard InChI is InChI=1S/C13H24N2O4/c1-6-15(9-10(16)14-5)11(17)7-8-12(18)19-13(2,3)4/h6-9H2,1-5H3,(H,14,16). The van der Waals surface area contributed by atoms with Crippen LogP contribution in [0.5, 0.6) is 0 Å². The van der Waals surface area contributed by atoms with Crippen LogP contribution in [0.3, 0.4) is 0 Å². The Hall–Kier alpha value is -1.59. The van der Waals surface area contributed by atoms with Gasteiger partial charge in [0.15, 0.2) is 0 Å². The van der Waals surface area contributed by atoms with Crippen molar-refractivity contribution in [1.29, 1.82) is 0 Å². The molecule has 0 aliphatic heterocycles. The van der Waals surface area contributed by atoms with Crippen LogP contribution in [0.4, 0.5) is 0 Å². The summed E-state index contributed by atoms with van der Waals surface area (Å²) in [4.78, 5) is 35.9. The van der Waals surface area contributed by atoms with Crippen molar-refractivity contribution in [2.75, 3.05) is 20.1 Å². The maximum Gasteiger partial charge on any atom is 0.306 e. The molecule has 0 saturated carbocycles. The van der Waals surface area contributed by atoms with Crippen molar-refractivity contribution in [3.8, 4) is 0 Å².